The van der Waals surface area contributed by atoms with Crippen molar-refractivity contribution in [2.24, 2.45) is 0 Å². The Morgan fingerprint density at radius 1 is 1.32 bits per heavy atom. The van der Waals surface area contributed by atoms with E-state index in [2.05, 4.69) is 4.98 Å². The molecule has 104 valence electrons. The predicted octanol–water partition coefficient (Wildman–Crippen LogP) is 2.24. The fourth-order valence-electron chi connectivity index (χ4n) is 1.86. The molecule has 0 fully saturated rings. The number of hydrogen-bond acceptors (Lipinski definition) is 3. The monoisotopic (exact) mass is 268 g/mol. The second kappa shape index (κ2) is 4.45. The summed E-state index contributed by atoms with van der Waals surface area (Å²) in [6.07, 6.45) is 0. The van der Waals surface area contributed by atoms with Crippen LogP contribution >= 0.6 is 0 Å². The number of nitrogens with two attached hydrogens (primary N) is 1. The van der Waals surface area contributed by atoms with E-state index in [9.17, 15) is 8.78 Å². The van der Waals surface area contributed by atoms with Crippen LogP contribution in [-0.2, 0) is 6.54 Å². The SMILES string of the molecule is CN(C)C(C)(C)Cn1c(N)nc2ccc(F)c(F)c21. The highest BCUT2D eigenvalue weighted by Crippen LogP contribution is 2.26. The molecule has 1 aromatic heterocycles. The minimum atomic E-state index is -0.906. The van der Waals surface area contributed by atoms with E-state index in [0.717, 1.165) is 6.07 Å². The zero-order chi connectivity index (χ0) is 14.4. The zero-order valence-corrected chi connectivity index (χ0v) is 11.5. The van der Waals surface area contributed by atoms with Crippen LogP contribution in [0.25, 0.3) is 11.0 Å². The van der Waals surface area contributed by atoms with Crippen LogP contribution in [0.4, 0.5) is 14.7 Å². The lowest BCUT2D eigenvalue weighted by Crippen LogP contribution is -2.42. The molecular formula is C13H18F2N4. The normalized spacial score (nSPS) is 12.6. The van der Waals surface area contributed by atoms with Crippen molar-refractivity contribution >= 4 is 17.0 Å². The maximum Gasteiger partial charge on any atom is 0.201 e. The maximum absolute atomic E-state index is 13.9. The number of aromatic nitrogens is 2. The first-order valence-corrected chi connectivity index (χ1v) is 6.01. The third-order valence-electron chi connectivity index (χ3n) is 3.58. The van der Waals surface area contributed by atoms with Crippen molar-refractivity contribution in [2.75, 3.05) is 19.8 Å². The first-order valence-electron chi connectivity index (χ1n) is 6.01. The number of nitrogen functional groups attached to an aromatic ring is 1. The molecular weight excluding hydrogens is 250 g/mol. The Hall–Kier alpha value is -1.69. The van der Waals surface area contributed by atoms with Gasteiger partial charge in [0, 0.05) is 12.1 Å². The lowest BCUT2D eigenvalue weighted by Gasteiger charge is -2.33. The highest BCUT2D eigenvalue weighted by Gasteiger charge is 2.25. The first-order chi connectivity index (χ1) is 8.74. The Morgan fingerprint density at radius 2 is 1.95 bits per heavy atom. The van der Waals surface area contributed by atoms with Crippen LogP contribution < -0.4 is 5.73 Å². The summed E-state index contributed by atoms with van der Waals surface area (Å²) in [5, 5.41) is 0. The van der Waals surface area contributed by atoms with Gasteiger partial charge in [0.2, 0.25) is 5.95 Å². The molecule has 0 amide bonds. The van der Waals surface area contributed by atoms with Crippen molar-refractivity contribution in [3.63, 3.8) is 0 Å². The van der Waals surface area contributed by atoms with Gasteiger partial charge in [-0.2, -0.15) is 0 Å². The van der Waals surface area contributed by atoms with E-state index in [1.165, 1.54) is 10.6 Å². The van der Waals surface area contributed by atoms with Crippen molar-refractivity contribution in [3.8, 4) is 0 Å². The van der Waals surface area contributed by atoms with Gasteiger partial charge in [-0.15, -0.1) is 0 Å². The molecule has 0 atom stereocenters. The highest BCUT2D eigenvalue weighted by molar-refractivity contribution is 5.79. The summed E-state index contributed by atoms with van der Waals surface area (Å²) in [5.41, 5.74) is 6.05. The molecule has 0 aliphatic rings. The Morgan fingerprint density at radius 3 is 2.53 bits per heavy atom. The summed E-state index contributed by atoms with van der Waals surface area (Å²) in [4.78, 5) is 6.07. The van der Waals surface area contributed by atoms with Crippen molar-refractivity contribution in [3.05, 3.63) is 23.8 Å². The quantitative estimate of drug-likeness (QED) is 0.928. The van der Waals surface area contributed by atoms with Gasteiger partial charge in [-0.25, -0.2) is 13.8 Å². The second-order valence-corrected chi connectivity index (χ2v) is 5.49. The topological polar surface area (TPSA) is 47.1 Å². The summed E-state index contributed by atoms with van der Waals surface area (Å²) in [7, 11) is 3.85. The van der Waals surface area contributed by atoms with Gasteiger partial charge in [0.15, 0.2) is 11.6 Å². The van der Waals surface area contributed by atoms with Gasteiger partial charge in [0.25, 0.3) is 0 Å². The Balaban J connectivity index is 2.60. The number of nitrogens with zero attached hydrogens (tertiary/aromatic N) is 3. The molecule has 0 aliphatic heterocycles. The van der Waals surface area contributed by atoms with E-state index in [-0.39, 0.29) is 17.0 Å². The molecule has 19 heavy (non-hydrogen) atoms. The Bertz CT molecular complexity index is 617. The van der Waals surface area contributed by atoms with Crippen LogP contribution in [0.15, 0.2) is 12.1 Å². The van der Waals surface area contributed by atoms with Crippen molar-refractivity contribution in [2.45, 2.75) is 25.9 Å². The summed E-state index contributed by atoms with van der Waals surface area (Å²) in [5.74, 6) is -1.61. The van der Waals surface area contributed by atoms with Crippen LogP contribution in [0, 0.1) is 11.6 Å². The van der Waals surface area contributed by atoms with Gasteiger partial charge in [0.1, 0.15) is 5.52 Å². The summed E-state index contributed by atoms with van der Waals surface area (Å²) in [6, 6.07) is 2.49. The van der Waals surface area contributed by atoms with Crippen molar-refractivity contribution in [1.82, 2.24) is 14.5 Å². The Kier molecular flexibility index (Phi) is 3.22. The second-order valence-electron chi connectivity index (χ2n) is 5.49. The molecule has 0 saturated heterocycles. The first kappa shape index (κ1) is 13.7. The minimum absolute atomic E-state index is 0.118. The largest absolute Gasteiger partial charge is 0.369 e. The molecule has 0 radical (unpaired) electrons. The van der Waals surface area contributed by atoms with E-state index in [0.29, 0.717) is 12.1 Å². The van der Waals surface area contributed by atoms with Crippen molar-refractivity contribution < 1.29 is 8.78 Å². The lowest BCUT2D eigenvalue weighted by atomic mass is 10.0. The van der Waals surface area contributed by atoms with Crippen LogP contribution in [0.2, 0.25) is 0 Å². The van der Waals surface area contributed by atoms with Gasteiger partial charge >= 0.3 is 0 Å². The van der Waals surface area contributed by atoms with Crippen molar-refractivity contribution in [1.29, 1.82) is 0 Å². The fourth-order valence-corrected chi connectivity index (χ4v) is 1.86. The van der Waals surface area contributed by atoms with E-state index in [1.807, 2.05) is 32.8 Å². The predicted molar refractivity (Wildman–Crippen MR) is 71.8 cm³/mol. The third-order valence-corrected chi connectivity index (χ3v) is 3.58. The fraction of sp³-hybridized carbons (Fsp3) is 0.462. The van der Waals surface area contributed by atoms with Crippen LogP contribution in [-0.4, -0.2) is 34.1 Å². The Labute approximate surface area is 110 Å². The number of likely N-dealkylation sites (N-methyl/N-ethyl adjacent to an activating group) is 1. The van der Waals surface area contributed by atoms with Gasteiger partial charge in [-0.05, 0) is 40.1 Å². The number of rotatable bonds is 3. The van der Waals surface area contributed by atoms with Crippen LogP contribution in [0.5, 0.6) is 0 Å². The average Bonchev–Trinajstić information content (AvgIpc) is 2.61. The highest BCUT2D eigenvalue weighted by atomic mass is 19.2. The van der Waals surface area contributed by atoms with E-state index in [4.69, 9.17) is 5.73 Å². The molecule has 2 N–H and O–H groups in total. The molecule has 0 saturated carbocycles. The number of benzene rings is 1. The number of hydrogen-bond donors (Lipinski definition) is 1. The van der Waals surface area contributed by atoms with Gasteiger partial charge < -0.3 is 15.2 Å². The zero-order valence-electron chi connectivity index (χ0n) is 11.5. The average molecular weight is 268 g/mol. The number of imidazole rings is 1. The van der Waals surface area contributed by atoms with E-state index >= 15 is 0 Å². The lowest BCUT2D eigenvalue weighted by molar-refractivity contribution is 0.172. The molecule has 6 heteroatoms. The molecule has 4 nitrogen and oxygen atoms in total. The standard InChI is InChI=1S/C13H18F2N4/c1-13(2,18(3)4)7-19-11-9(17-12(19)16)6-5-8(14)10(11)15/h5-6H,7H2,1-4H3,(H2,16,17). The number of halogens is 2. The molecule has 1 aromatic carbocycles. The molecule has 0 aliphatic carbocycles. The smallest absolute Gasteiger partial charge is 0.201 e. The third kappa shape index (κ3) is 2.28. The van der Waals surface area contributed by atoms with E-state index in [1.54, 1.807) is 0 Å². The number of anilines is 1. The van der Waals surface area contributed by atoms with Gasteiger partial charge in [0.05, 0.1) is 5.52 Å². The van der Waals surface area contributed by atoms with Crippen LogP contribution in [0.1, 0.15) is 13.8 Å². The number of fused-ring (bicyclic) bond motifs is 1. The van der Waals surface area contributed by atoms with Gasteiger partial charge in [-0.3, -0.25) is 0 Å². The summed E-state index contributed by atoms with van der Waals surface area (Å²) in [6.45, 7) is 4.41. The van der Waals surface area contributed by atoms with E-state index < -0.39 is 11.6 Å². The molecule has 0 unspecified atom stereocenters. The summed E-state index contributed by atoms with van der Waals surface area (Å²) < 4.78 is 28.8. The molecule has 2 rings (SSSR count). The molecule has 2 aromatic rings. The molecule has 0 bridgehead atoms. The molecule has 0 spiro atoms. The van der Waals surface area contributed by atoms with Crippen LogP contribution in [0.3, 0.4) is 0 Å². The molecule has 1 heterocycles. The minimum Gasteiger partial charge on any atom is -0.369 e. The van der Waals surface area contributed by atoms with Gasteiger partial charge in [-0.1, -0.05) is 0 Å². The summed E-state index contributed by atoms with van der Waals surface area (Å²) >= 11 is 0. The maximum atomic E-state index is 13.9.